The highest BCUT2D eigenvalue weighted by molar-refractivity contribution is 5.99. The standard InChI is InChI=1S/C21H20N4O4/c1-2-28-19(26)21(12-13-21)18-25-24-17(29-18)14-8-10-16(11-9-14)23-20(27)22-15-6-4-3-5-7-15/h3-11H,2,12-13H2,1H3,(H2,22,23,27). The van der Waals surface area contributed by atoms with Gasteiger partial charge in [-0.2, -0.15) is 0 Å². The van der Waals surface area contributed by atoms with Gasteiger partial charge in [-0.25, -0.2) is 4.79 Å². The number of rotatable bonds is 6. The predicted octanol–water partition coefficient (Wildman–Crippen LogP) is 3.98. The lowest BCUT2D eigenvalue weighted by Gasteiger charge is -2.08. The van der Waals surface area contributed by atoms with E-state index in [0.717, 1.165) is 0 Å². The Balaban J connectivity index is 1.42. The molecule has 0 saturated heterocycles. The molecule has 0 radical (unpaired) electrons. The number of amides is 2. The summed E-state index contributed by atoms with van der Waals surface area (Å²) < 4.78 is 10.9. The number of urea groups is 1. The Bertz CT molecular complexity index is 1010. The third-order valence-corrected chi connectivity index (χ3v) is 4.67. The molecule has 8 nitrogen and oxygen atoms in total. The van der Waals surface area contributed by atoms with Gasteiger partial charge in [0.2, 0.25) is 11.8 Å². The van der Waals surface area contributed by atoms with Gasteiger partial charge in [-0.3, -0.25) is 4.79 Å². The molecule has 1 heterocycles. The molecule has 8 heteroatoms. The number of hydrogen-bond acceptors (Lipinski definition) is 6. The van der Waals surface area contributed by atoms with Gasteiger partial charge in [-0.1, -0.05) is 18.2 Å². The SMILES string of the molecule is CCOC(=O)C1(c2nnc(-c3ccc(NC(=O)Nc4ccccc4)cc3)o2)CC1. The van der Waals surface area contributed by atoms with Crippen molar-refractivity contribution in [3.63, 3.8) is 0 Å². The molecule has 2 amide bonds. The number of carbonyl (C=O) groups excluding carboxylic acids is 2. The van der Waals surface area contributed by atoms with Crippen molar-refractivity contribution in [1.29, 1.82) is 0 Å². The van der Waals surface area contributed by atoms with Crippen molar-refractivity contribution in [2.75, 3.05) is 17.2 Å². The molecular formula is C21H20N4O4. The molecule has 3 aromatic rings. The fourth-order valence-corrected chi connectivity index (χ4v) is 2.94. The van der Waals surface area contributed by atoms with Crippen molar-refractivity contribution in [1.82, 2.24) is 10.2 Å². The minimum absolute atomic E-state index is 0.287. The first kappa shape index (κ1) is 18.7. The number of hydrogen-bond donors (Lipinski definition) is 2. The van der Waals surface area contributed by atoms with Gasteiger partial charge in [0.1, 0.15) is 5.41 Å². The van der Waals surface area contributed by atoms with Crippen molar-refractivity contribution in [3.8, 4) is 11.5 Å². The third-order valence-electron chi connectivity index (χ3n) is 4.67. The molecule has 0 unspecified atom stereocenters. The van der Waals surface area contributed by atoms with E-state index in [-0.39, 0.29) is 17.9 Å². The minimum Gasteiger partial charge on any atom is -0.465 e. The summed E-state index contributed by atoms with van der Waals surface area (Å²) in [6, 6.07) is 15.8. The Morgan fingerprint density at radius 1 is 1.00 bits per heavy atom. The lowest BCUT2D eigenvalue weighted by molar-refractivity contribution is -0.146. The largest absolute Gasteiger partial charge is 0.465 e. The maximum atomic E-state index is 12.2. The zero-order chi connectivity index (χ0) is 20.3. The van der Waals surface area contributed by atoms with Crippen LogP contribution in [0.4, 0.5) is 16.2 Å². The smallest absolute Gasteiger partial charge is 0.323 e. The Morgan fingerprint density at radius 2 is 1.66 bits per heavy atom. The van der Waals surface area contributed by atoms with Gasteiger partial charge < -0.3 is 19.8 Å². The van der Waals surface area contributed by atoms with Crippen LogP contribution in [0, 0.1) is 0 Å². The van der Waals surface area contributed by atoms with E-state index in [4.69, 9.17) is 9.15 Å². The van der Waals surface area contributed by atoms with Crippen LogP contribution in [0.3, 0.4) is 0 Å². The zero-order valence-electron chi connectivity index (χ0n) is 15.8. The van der Waals surface area contributed by atoms with E-state index in [9.17, 15) is 9.59 Å². The summed E-state index contributed by atoms with van der Waals surface area (Å²) >= 11 is 0. The van der Waals surface area contributed by atoms with Crippen LogP contribution < -0.4 is 10.6 Å². The molecule has 4 rings (SSSR count). The normalized spacial score (nSPS) is 14.1. The number of aromatic nitrogens is 2. The summed E-state index contributed by atoms with van der Waals surface area (Å²) in [6.07, 6.45) is 1.29. The van der Waals surface area contributed by atoms with Crippen LogP contribution >= 0.6 is 0 Å². The summed E-state index contributed by atoms with van der Waals surface area (Å²) in [4.78, 5) is 24.2. The summed E-state index contributed by atoms with van der Waals surface area (Å²) in [7, 11) is 0. The van der Waals surface area contributed by atoms with Gasteiger partial charge in [0, 0.05) is 16.9 Å². The van der Waals surface area contributed by atoms with Crippen LogP contribution in [-0.4, -0.2) is 28.8 Å². The van der Waals surface area contributed by atoms with Gasteiger partial charge in [0.25, 0.3) is 0 Å². The fourth-order valence-electron chi connectivity index (χ4n) is 2.94. The molecule has 29 heavy (non-hydrogen) atoms. The maximum absolute atomic E-state index is 12.2. The Kier molecular flexibility index (Phi) is 4.99. The molecule has 1 aromatic heterocycles. The predicted molar refractivity (Wildman–Crippen MR) is 106 cm³/mol. The van der Waals surface area contributed by atoms with Crippen LogP contribution in [0.1, 0.15) is 25.7 Å². The van der Waals surface area contributed by atoms with E-state index in [2.05, 4.69) is 20.8 Å². The quantitative estimate of drug-likeness (QED) is 0.615. The second kappa shape index (κ2) is 7.75. The molecule has 0 spiro atoms. The first-order valence-electron chi connectivity index (χ1n) is 9.35. The van der Waals surface area contributed by atoms with Gasteiger partial charge in [-0.05, 0) is 56.2 Å². The number of benzene rings is 2. The molecule has 148 valence electrons. The third kappa shape index (κ3) is 3.96. The van der Waals surface area contributed by atoms with E-state index >= 15 is 0 Å². The number of para-hydroxylation sites is 1. The molecule has 1 aliphatic carbocycles. The number of ether oxygens (including phenoxy) is 1. The van der Waals surface area contributed by atoms with Crippen LogP contribution in [0.15, 0.2) is 59.0 Å². The molecule has 0 atom stereocenters. The molecule has 0 bridgehead atoms. The highest BCUT2D eigenvalue weighted by Crippen LogP contribution is 2.49. The van der Waals surface area contributed by atoms with Crippen LogP contribution in [0.5, 0.6) is 0 Å². The molecule has 1 saturated carbocycles. The first-order valence-corrected chi connectivity index (χ1v) is 9.35. The second-order valence-corrected chi connectivity index (χ2v) is 6.74. The van der Waals surface area contributed by atoms with Gasteiger partial charge in [-0.15, -0.1) is 10.2 Å². The number of anilines is 2. The van der Waals surface area contributed by atoms with E-state index in [1.54, 1.807) is 43.3 Å². The van der Waals surface area contributed by atoms with E-state index in [1.165, 1.54) is 0 Å². The highest BCUT2D eigenvalue weighted by atomic mass is 16.5. The number of nitrogens with zero attached hydrogens (tertiary/aromatic N) is 2. The fraction of sp³-hybridized carbons (Fsp3) is 0.238. The zero-order valence-corrected chi connectivity index (χ0v) is 15.8. The summed E-state index contributed by atoms with van der Waals surface area (Å²) in [5.74, 6) is 0.283. The number of carbonyl (C=O) groups is 2. The summed E-state index contributed by atoms with van der Waals surface area (Å²) in [5, 5.41) is 13.6. The molecular weight excluding hydrogens is 372 g/mol. The van der Waals surface area contributed by atoms with Crippen LogP contribution in [-0.2, 0) is 14.9 Å². The molecule has 0 aliphatic heterocycles. The Hall–Kier alpha value is -3.68. The van der Waals surface area contributed by atoms with Crippen LogP contribution in [0.2, 0.25) is 0 Å². The molecule has 1 aliphatic rings. The average molecular weight is 392 g/mol. The van der Waals surface area contributed by atoms with Crippen molar-refractivity contribution < 1.29 is 18.7 Å². The number of nitrogens with one attached hydrogen (secondary N) is 2. The van der Waals surface area contributed by atoms with Crippen molar-refractivity contribution >= 4 is 23.4 Å². The molecule has 2 aromatic carbocycles. The monoisotopic (exact) mass is 392 g/mol. The number of esters is 1. The van der Waals surface area contributed by atoms with Crippen LogP contribution in [0.25, 0.3) is 11.5 Å². The maximum Gasteiger partial charge on any atom is 0.323 e. The average Bonchev–Trinajstić information content (AvgIpc) is 3.39. The first-order chi connectivity index (χ1) is 14.1. The molecule has 2 N–H and O–H groups in total. The summed E-state index contributed by atoms with van der Waals surface area (Å²) in [5.41, 5.74) is 1.22. The van der Waals surface area contributed by atoms with Crippen molar-refractivity contribution in [2.45, 2.75) is 25.2 Å². The Morgan fingerprint density at radius 3 is 2.28 bits per heavy atom. The lowest BCUT2D eigenvalue weighted by atomic mass is 10.1. The Labute approximate surface area is 167 Å². The minimum atomic E-state index is -0.793. The van der Waals surface area contributed by atoms with Crippen molar-refractivity contribution in [3.05, 3.63) is 60.5 Å². The van der Waals surface area contributed by atoms with E-state index < -0.39 is 5.41 Å². The van der Waals surface area contributed by atoms with Gasteiger partial charge >= 0.3 is 12.0 Å². The second-order valence-electron chi connectivity index (χ2n) is 6.74. The summed E-state index contributed by atoms with van der Waals surface area (Å²) in [6.45, 7) is 2.08. The van der Waals surface area contributed by atoms with E-state index in [1.807, 2.05) is 18.2 Å². The van der Waals surface area contributed by atoms with Crippen molar-refractivity contribution in [2.24, 2.45) is 0 Å². The lowest BCUT2D eigenvalue weighted by Crippen LogP contribution is -2.23. The topological polar surface area (TPSA) is 106 Å². The molecule has 1 fully saturated rings. The van der Waals surface area contributed by atoms with Gasteiger partial charge in [0.05, 0.1) is 6.61 Å². The highest BCUT2D eigenvalue weighted by Gasteiger charge is 2.57. The van der Waals surface area contributed by atoms with Gasteiger partial charge in [0.15, 0.2) is 0 Å². The van der Waals surface area contributed by atoms with E-state index in [0.29, 0.717) is 42.3 Å².